The van der Waals surface area contributed by atoms with Crippen molar-refractivity contribution in [1.82, 2.24) is 14.7 Å². The molecule has 0 aromatic carbocycles. The van der Waals surface area contributed by atoms with Crippen LogP contribution < -0.4 is 0 Å². The summed E-state index contributed by atoms with van der Waals surface area (Å²) < 4.78 is 1.86. The second-order valence-corrected chi connectivity index (χ2v) is 6.37. The number of hydrogen-bond donors (Lipinski definition) is 0. The third-order valence-corrected chi connectivity index (χ3v) is 4.87. The summed E-state index contributed by atoms with van der Waals surface area (Å²) >= 11 is 0. The van der Waals surface area contributed by atoms with E-state index in [0.29, 0.717) is 17.7 Å². The molecule has 4 nitrogen and oxygen atoms in total. The number of carbonyl (C=O) groups excluding carboxylic acids is 1. The number of ketones is 1. The molecule has 1 saturated carbocycles. The number of likely N-dealkylation sites (tertiary alicyclic amines) is 1. The molecule has 2 aliphatic rings. The zero-order valence-corrected chi connectivity index (χ0v) is 12.4. The first-order chi connectivity index (χ1) is 9.74. The van der Waals surface area contributed by atoms with Crippen molar-refractivity contribution in [2.45, 2.75) is 57.5 Å². The number of hydrogen-bond acceptors (Lipinski definition) is 3. The van der Waals surface area contributed by atoms with E-state index in [9.17, 15) is 4.79 Å². The standard InChI is InChI=1S/C16H25N3O/c1-18-11-13(10-17-18)12-19-9-5-4-7-15(19)14-6-2-3-8-16(14)20/h10-11,14-15H,2-9,12H2,1H3. The van der Waals surface area contributed by atoms with Crippen molar-refractivity contribution in [3.8, 4) is 0 Å². The average molecular weight is 275 g/mol. The normalized spacial score (nSPS) is 28.8. The van der Waals surface area contributed by atoms with Gasteiger partial charge in [0.2, 0.25) is 0 Å². The fourth-order valence-corrected chi connectivity index (χ4v) is 3.87. The van der Waals surface area contributed by atoms with Crippen molar-refractivity contribution >= 4 is 5.78 Å². The van der Waals surface area contributed by atoms with Gasteiger partial charge < -0.3 is 0 Å². The minimum absolute atomic E-state index is 0.292. The zero-order valence-electron chi connectivity index (χ0n) is 12.4. The Kier molecular flexibility index (Phi) is 4.20. The van der Waals surface area contributed by atoms with Gasteiger partial charge in [0.1, 0.15) is 5.78 Å². The van der Waals surface area contributed by atoms with Gasteiger partial charge in [0.25, 0.3) is 0 Å². The van der Waals surface area contributed by atoms with E-state index in [0.717, 1.165) is 32.4 Å². The Hall–Kier alpha value is -1.16. The molecule has 1 aromatic heterocycles. The van der Waals surface area contributed by atoms with E-state index in [1.807, 2.05) is 17.9 Å². The Labute approximate surface area is 121 Å². The molecule has 0 spiro atoms. The maximum Gasteiger partial charge on any atom is 0.137 e. The predicted octanol–water partition coefficient (Wildman–Crippen LogP) is 2.53. The number of carbonyl (C=O) groups is 1. The minimum Gasteiger partial charge on any atom is -0.299 e. The maximum absolute atomic E-state index is 12.3. The van der Waals surface area contributed by atoms with Crippen LogP contribution >= 0.6 is 0 Å². The molecule has 1 saturated heterocycles. The molecule has 1 aromatic rings. The van der Waals surface area contributed by atoms with Crippen LogP contribution in [0.5, 0.6) is 0 Å². The maximum atomic E-state index is 12.3. The van der Waals surface area contributed by atoms with E-state index in [4.69, 9.17) is 0 Å². The molecule has 2 unspecified atom stereocenters. The largest absolute Gasteiger partial charge is 0.299 e. The van der Waals surface area contributed by atoms with Crippen LogP contribution in [-0.4, -0.2) is 33.1 Å². The predicted molar refractivity (Wildman–Crippen MR) is 78.2 cm³/mol. The molecule has 2 fully saturated rings. The third-order valence-electron chi connectivity index (χ3n) is 4.87. The average Bonchev–Trinajstić information content (AvgIpc) is 2.86. The van der Waals surface area contributed by atoms with Crippen LogP contribution in [0.15, 0.2) is 12.4 Å². The first-order valence-corrected chi connectivity index (χ1v) is 7.98. The zero-order chi connectivity index (χ0) is 13.9. The van der Waals surface area contributed by atoms with Crippen LogP contribution in [0.25, 0.3) is 0 Å². The summed E-state index contributed by atoms with van der Waals surface area (Å²) in [7, 11) is 1.96. The van der Waals surface area contributed by atoms with Crippen molar-refractivity contribution in [2.75, 3.05) is 6.54 Å². The van der Waals surface area contributed by atoms with Crippen molar-refractivity contribution in [3.05, 3.63) is 18.0 Å². The number of Topliss-reactive ketones (excluding diaryl/α,β-unsaturated/α-hetero) is 1. The van der Waals surface area contributed by atoms with Crippen molar-refractivity contribution < 1.29 is 4.79 Å². The Morgan fingerprint density at radius 2 is 2.10 bits per heavy atom. The second kappa shape index (κ2) is 6.08. The molecule has 2 heterocycles. The molecule has 0 bridgehead atoms. The van der Waals surface area contributed by atoms with Crippen molar-refractivity contribution in [3.63, 3.8) is 0 Å². The molecule has 3 rings (SSSR count). The number of aromatic nitrogens is 2. The summed E-state index contributed by atoms with van der Waals surface area (Å²) in [5, 5.41) is 4.26. The van der Waals surface area contributed by atoms with Crippen molar-refractivity contribution in [1.29, 1.82) is 0 Å². The number of piperidine rings is 1. The molecule has 110 valence electrons. The highest BCUT2D eigenvalue weighted by Crippen LogP contribution is 2.32. The molecule has 2 atom stereocenters. The third kappa shape index (κ3) is 2.95. The smallest absolute Gasteiger partial charge is 0.137 e. The lowest BCUT2D eigenvalue weighted by molar-refractivity contribution is -0.127. The summed E-state index contributed by atoms with van der Waals surface area (Å²) in [6, 6.07) is 0.469. The summed E-state index contributed by atoms with van der Waals surface area (Å²) in [6.07, 6.45) is 12.0. The van der Waals surface area contributed by atoms with Gasteiger partial charge in [-0.2, -0.15) is 5.10 Å². The lowest BCUT2D eigenvalue weighted by Gasteiger charge is -2.41. The van der Waals surface area contributed by atoms with Crippen LogP contribution in [0.4, 0.5) is 0 Å². The van der Waals surface area contributed by atoms with E-state index in [-0.39, 0.29) is 0 Å². The summed E-state index contributed by atoms with van der Waals surface area (Å²) in [5.41, 5.74) is 1.27. The SMILES string of the molecule is Cn1cc(CN2CCCCC2C2CCCCC2=O)cn1. The number of nitrogens with zero attached hydrogens (tertiary/aromatic N) is 3. The van der Waals surface area contributed by atoms with Gasteiger partial charge in [-0.25, -0.2) is 0 Å². The molecule has 20 heavy (non-hydrogen) atoms. The van der Waals surface area contributed by atoms with Crippen LogP contribution in [0.3, 0.4) is 0 Å². The van der Waals surface area contributed by atoms with E-state index >= 15 is 0 Å². The monoisotopic (exact) mass is 275 g/mol. The Balaban J connectivity index is 1.71. The highest BCUT2D eigenvalue weighted by molar-refractivity contribution is 5.82. The van der Waals surface area contributed by atoms with Gasteiger partial charge in [0.15, 0.2) is 0 Å². The van der Waals surface area contributed by atoms with E-state index in [1.54, 1.807) is 0 Å². The Morgan fingerprint density at radius 3 is 2.85 bits per heavy atom. The highest BCUT2D eigenvalue weighted by Gasteiger charge is 2.35. The Morgan fingerprint density at radius 1 is 1.25 bits per heavy atom. The van der Waals surface area contributed by atoms with E-state index < -0.39 is 0 Å². The van der Waals surface area contributed by atoms with Crippen LogP contribution in [0, 0.1) is 5.92 Å². The number of aryl methyl sites for hydroxylation is 1. The topological polar surface area (TPSA) is 38.1 Å². The van der Waals surface area contributed by atoms with Gasteiger partial charge in [-0.05, 0) is 32.2 Å². The van der Waals surface area contributed by atoms with Gasteiger partial charge in [0, 0.05) is 43.7 Å². The highest BCUT2D eigenvalue weighted by atomic mass is 16.1. The van der Waals surface area contributed by atoms with Gasteiger partial charge in [-0.3, -0.25) is 14.4 Å². The molecular formula is C16H25N3O. The second-order valence-electron chi connectivity index (χ2n) is 6.37. The quantitative estimate of drug-likeness (QED) is 0.851. The molecule has 4 heteroatoms. The first-order valence-electron chi connectivity index (χ1n) is 7.98. The summed E-state index contributed by atoms with van der Waals surface area (Å²) in [5.74, 6) is 0.806. The molecule has 0 amide bonds. The van der Waals surface area contributed by atoms with Crippen LogP contribution in [0.2, 0.25) is 0 Å². The molecule has 0 radical (unpaired) electrons. The van der Waals surface area contributed by atoms with Gasteiger partial charge >= 0.3 is 0 Å². The minimum atomic E-state index is 0.292. The summed E-state index contributed by atoms with van der Waals surface area (Å²) in [4.78, 5) is 14.8. The number of rotatable bonds is 3. The fraction of sp³-hybridized carbons (Fsp3) is 0.750. The first kappa shape index (κ1) is 13.8. The van der Waals surface area contributed by atoms with E-state index in [1.165, 1.54) is 31.2 Å². The summed E-state index contributed by atoms with van der Waals surface area (Å²) in [6.45, 7) is 2.08. The Bertz CT molecular complexity index is 468. The lowest BCUT2D eigenvalue weighted by atomic mass is 9.79. The van der Waals surface area contributed by atoms with Crippen LogP contribution in [0.1, 0.15) is 50.5 Å². The van der Waals surface area contributed by atoms with Gasteiger partial charge in [-0.15, -0.1) is 0 Å². The fourth-order valence-electron chi connectivity index (χ4n) is 3.87. The van der Waals surface area contributed by atoms with Crippen LogP contribution in [-0.2, 0) is 18.4 Å². The molecule has 1 aliphatic carbocycles. The van der Waals surface area contributed by atoms with Gasteiger partial charge in [-0.1, -0.05) is 12.8 Å². The van der Waals surface area contributed by atoms with Crippen molar-refractivity contribution in [2.24, 2.45) is 13.0 Å². The van der Waals surface area contributed by atoms with Gasteiger partial charge in [0.05, 0.1) is 6.20 Å². The molecule has 1 aliphatic heterocycles. The molecule has 0 N–H and O–H groups in total. The lowest BCUT2D eigenvalue weighted by Crippen LogP contribution is -2.46. The molecular weight excluding hydrogens is 250 g/mol. The van der Waals surface area contributed by atoms with E-state index in [2.05, 4.69) is 16.2 Å².